The van der Waals surface area contributed by atoms with E-state index in [0.717, 1.165) is 36.7 Å². The van der Waals surface area contributed by atoms with E-state index in [0.29, 0.717) is 25.5 Å². The van der Waals surface area contributed by atoms with Crippen LogP contribution in [0.5, 0.6) is 5.88 Å². The first-order valence-electron chi connectivity index (χ1n) is 11.6. The zero-order valence-corrected chi connectivity index (χ0v) is 19.2. The monoisotopic (exact) mass is 520 g/mol. The number of pyridine rings is 1. The van der Waals surface area contributed by atoms with Gasteiger partial charge in [-0.25, -0.2) is 23.7 Å². The summed E-state index contributed by atoms with van der Waals surface area (Å²) < 4.78 is 72.2. The van der Waals surface area contributed by atoms with Crippen LogP contribution in [0.4, 0.5) is 22.0 Å². The highest BCUT2D eigenvalue weighted by Crippen LogP contribution is 2.42. The van der Waals surface area contributed by atoms with Gasteiger partial charge in [-0.05, 0) is 49.4 Å². The number of ether oxygens (including phenoxy) is 1. The van der Waals surface area contributed by atoms with E-state index in [2.05, 4.69) is 15.0 Å². The van der Waals surface area contributed by atoms with Crippen LogP contribution in [0.25, 0.3) is 11.4 Å². The molecule has 37 heavy (non-hydrogen) atoms. The molecule has 0 radical (unpaired) electrons. The predicted octanol–water partition coefficient (Wildman–Crippen LogP) is 4.27. The van der Waals surface area contributed by atoms with Crippen LogP contribution >= 0.6 is 0 Å². The zero-order valence-electron chi connectivity index (χ0n) is 19.2. The van der Waals surface area contributed by atoms with E-state index < -0.39 is 47.5 Å². The number of fused-ring (bicyclic) bond motifs is 3. The Morgan fingerprint density at radius 3 is 2.43 bits per heavy atom. The van der Waals surface area contributed by atoms with E-state index in [-0.39, 0.29) is 35.4 Å². The maximum atomic E-state index is 14.3. The maximum absolute atomic E-state index is 14.3. The number of hydrogen-bond acceptors (Lipinski definition) is 6. The van der Waals surface area contributed by atoms with E-state index in [1.54, 1.807) is 0 Å². The van der Waals surface area contributed by atoms with Gasteiger partial charge in [0.2, 0.25) is 5.88 Å². The number of halogens is 5. The third kappa shape index (κ3) is 4.85. The fourth-order valence-electron chi connectivity index (χ4n) is 5.20. The van der Waals surface area contributed by atoms with Crippen molar-refractivity contribution in [1.82, 2.24) is 19.9 Å². The van der Waals surface area contributed by atoms with Crippen molar-refractivity contribution in [2.24, 2.45) is 5.92 Å². The van der Waals surface area contributed by atoms with Crippen LogP contribution in [0, 0.1) is 17.6 Å². The molecule has 1 saturated carbocycles. The predicted molar refractivity (Wildman–Crippen MR) is 119 cm³/mol. The second-order valence-electron chi connectivity index (χ2n) is 9.06. The molecule has 2 aromatic heterocycles. The molecule has 4 heterocycles. The number of benzene rings is 1. The van der Waals surface area contributed by atoms with Gasteiger partial charge in [0.1, 0.15) is 11.9 Å². The highest BCUT2D eigenvalue weighted by atomic mass is 19.4. The number of nitrogens with zero attached hydrogens (tertiary/aromatic N) is 4. The second-order valence-corrected chi connectivity index (χ2v) is 9.06. The van der Waals surface area contributed by atoms with Gasteiger partial charge in [0.15, 0.2) is 11.6 Å². The standard InChI is InChI=1S/C25H21F5N4O3/c26-15-3-4-17(23-32-10-16(27)11-33-23)18(8-15)24(36)34-19-5-1-13(20(34)12-35)7-21(19)37-22-6-2-14(9-31-22)25(28,29)30/h2-4,6,8-11,13,19-21,35H,1,5,7,12H2/t13-,19+,20-,21-/m1/s1. The lowest BCUT2D eigenvalue weighted by Gasteiger charge is -2.54. The van der Waals surface area contributed by atoms with E-state index in [1.165, 1.54) is 11.0 Å². The van der Waals surface area contributed by atoms with Crippen molar-refractivity contribution in [1.29, 1.82) is 0 Å². The van der Waals surface area contributed by atoms with Crippen LogP contribution in [0.3, 0.4) is 0 Å². The van der Waals surface area contributed by atoms with E-state index >= 15 is 0 Å². The number of piperidine rings is 2. The lowest BCUT2D eigenvalue weighted by Crippen LogP contribution is -2.65. The number of aliphatic hydroxyl groups excluding tert-OH is 1. The fraction of sp³-hybridized carbons (Fsp3) is 0.360. The van der Waals surface area contributed by atoms with E-state index in [4.69, 9.17) is 4.74 Å². The molecule has 2 bridgehead atoms. The number of amides is 1. The van der Waals surface area contributed by atoms with Crippen molar-refractivity contribution in [2.75, 3.05) is 6.61 Å². The quantitative estimate of drug-likeness (QED) is 0.506. The van der Waals surface area contributed by atoms with Crippen LogP contribution in [-0.4, -0.2) is 55.7 Å². The number of aliphatic hydroxyl groups is 1. The average molecular weight is 520 g/mol. The first-order valence-corrected chi connectivity index (χ1v) is 11.6. The first-order chi connectivity index (χ1) is 17.7. The number of rotatable bonds is 5. The van der Waals surface area contributed by atoms with Gasteiger partial charge < -0.3 is 14.7 Å². The molecule has 3 aromatic rings. The van der Waals surface area contributed by atoms with Gasteiger partial charge in [0.25, 0.3) is 5.91 Å². The molecular weight excluding hydrogens is 499 g/mol. The number of hydrogen-bond donors (Lipinski definition) is 1. The number of carbonyl (C=O) groups excluding carboxylic acids is 1. The highest BCUT2D eigenvalue weighted by Gasteiger charge is 2.50. The molecule has 7 nitrogen and oxygen atoms in total. The van der Waals surface area contributed by atoms with E-state index in [9.17, 15) is 31.9 Å². The van der Waals surface area contributed by atoms with Crippen LogP contribution in [-0.2, 0) is 6.18 Å². The van der Waals surface area contributed by atoms with Crippen molar-refractivity contribution >= 4 is 5.91 Å². The summed E-state index contributed by atoms with van der Waals surface area (Å²) in [5.74, 6) is -2.11. The molecule has 194 valence electrons. The number of aromatic nitrogens is 3. The van der Waals surface area contributed by atoms with Gasteiger partial charge >= 0.3 is 6.18 Å². The summed E-state index contributed by atoms with van der Waals surface area (Å²) in [6.07, 6.45) is -0.928. The Morgan fingerprint density at radius 1 is 1.03 bits per heavy atom. The van der Waals surface area contributed by atoms with E-state index in [1.807, 2.05) is 0 Å². The molecule has 0 unspecified atom stereocenters. The second kappa shape index (κ2) is 9.66. The molecule has 2 aliphatic heterocycles. The summed E-state index contributed by atoms with van der Waals surface area (Å²) in [6, 6.07) is 4.36. The fourth-order valence-corrected chi connectivity index (χ4v) is 5.20. The molecule has 6 rings (SSSR count). The van der Waals surface area contributed by atoms with Gasteiger partial charge in [-0.1, -0.05) is 0 Å². The summed E-state index contributed by atoms with van der Waals surface area (Å²) in [5, 5.41) is 10.1. The number of alkyl halides is 3. The molecule has 12 heteroatoms. The topological polar surface area (TPSA) is 88.4 Å². The maximum Gasteiger partial charge on any atom is 0.417 e. The summed E-state index contributed by atoms with van der Waals surface area (Å²) in [5.41, 5.74) is -0.792. The SMILES string of the molecule is O=C(c1cc(F)ccc1-c1ncc(F)cn1)N1[C@H](CO)[C@@H]2CC[C@H]1[C@H](Oc1ccc(C(F)(F)F)cn1)C2. The minimum absolute atomic E-state index is 0.0224. The van der Waals surface area contributed by atoms with Crippen molar-refractivity contribution in [3.8, 4) is 17.3 Å². The molecule has 1 amide bonds. The minimum atomic E-state index is -4.54. The van der Waals surface area contributed by atoms with Gasteiger partial charge in [0, 0.05) is 17.8 Å². The summed E-state index contributed by atoms with van der Waals surface area (Å²) in [7, 11) is 0. The Kier molecular flexibility index (Phi) is 6.52. The minimum Gasteiger partial charge on any atom is -0.472 e. The van der Waals surface area contributed by atoms with Crippen LogP contribution < -0.4 is 4.74 Å². The summed E-state index contributed by atoms with van der Waals surface area (Å²) in [4.78, 5) is 26.9. The van der Waals surface area contributed by atoms with Gasteiger partial charge in [-0.15, -0.1) is 0 Å². The summed E-state index contributed by atoms with van der Waals surface area (Å²) in [6.45, 7) is -0.337. The van der Waals surface area contributed by atoms with Crippen molar-refractivity contribution < 1.29 is 36.6 Å². The molecule has 1 N–H and O–H groups in total. The highest BCUT2D eigenvalue weighted by molar-refractivity contribution is 6.00. The Balaban J connectivity index is 1.46. The molecular formula is C25H21F5N4O3. The van der Waals surface area contributed by atoms with Crippen molar-refractivity contribution in [3.05, 3.63) is 71.7 Å². The average Bonchev–Trinajstić information content (AvgIpc) is 2.88. The Hall–Kier alpha value is -3.67. The van der Waals surface area contributed by atoms with Crippen LogP contribution in [0.15, 0.2) is 48.9 Å². The van der Waals surface area contributed by atoms with Gasteiger partial charge in [-0.3, -0.25) is 4.79 Å². The third-order valence-electron chi connectivity index (χ3n) is 6.89. The van der Waals surface area contributed by atoms with Crippen LogP contribution in [0.1, 0.15) is 35.2 Å². The lowest BCUT2D eigenvalue weighted by molar-refractivity contribution is -0.137. The molecule has 4 atom stereocenters. The molecule has 1 aromatic carbocycles. The van der Waals surface area contributed by atoms with Gasteiger partial charge in [-0.2, -0.15) is 13.2 Å². The third-order valence-corrected chi connectivity index (χ3v) is 6.89. The Labute approximate surface area is 207 Å². The largest absolute Gasteiger partial charge is 0.472 e. The first kappa shape index (κ1) is 25.0. The Morgan fingerprint density at radius 2 is 1.78 bits per heavy atom. The summed E-state index contributed by atoms with van der Waals surface area (Å²) >= 11 is 0. The lowest BCUT2D eigenvalue weighted by atomic mass is 9.72. The normalized spacial score (nSPS) is 23.2. The molecule has 2 saturated heterocycles. The molecule has 3 aliphatic rings. The zero-order chi connectivity index (χ0) is 26.3. The molecule has 1 aliphatic carbocycles. The Bertz CT molecular complexity index is 1290. The van der Waals surface area contributed by atoms with Crippen LogP contribution in [0.2, 0.25) is 0 Å². The number of carbonyl (C=O) groups is 1. The molecule has 0 spiro atoms. The van der Waals surface area contributed by atoms with Gasteiger partial charge in [0.05, 0.1) is 42.2 Å². The molecule has 3 fully saturated rings. The smallest absolute Gasteiger partial charge is 0.417 e. The van der Waals surface area contributed by atoms with Crippen molar-refractivity contribution in [3.63, 3.8) is 0 Å². The van der Waals surface area contributed by atoms with Crippen molar-refractivity contribution in [2.45, 2.75) is 43.6 Å².